The van der Waals surface area contributed by atoms with E-state index in [9.17, 15) is 14.7 Å². The molecule has 86 valence electrons. The molecular formula is C10H16O5. The van der Waals surface area contributed by atoms with Crippen LogP contribution < -0.4 is 0 Å². The van der Waals surface area contributed by atoms with Gasteiger partial charge >= 0.3 is 5.97 Å². The number of aliphatic hydroxyl groups excluding tert-OH is 2. The lowest BCUT2D eigenvalue weighted by Crippen LogP contribution is -2.47. The van der Waals surface area contributed by atoms with Crippen LogP contribution in [0, 0.1) is 11.8 Å². The fourth-order valence-electron chi connectivity index (χ4n) is 1.73. The zero-order chi connectivity index (χ0) is 11.6. The van der Waals surface area contributed by atoms with Gasteiger partial charge in [-0.25, -0.2) is 0 Å². The molecule has 0 bridgehead atoms. The molecule has 15 heavy (non-hydrogen) atoms. The zero-order valence-corrected chi connectivity index (χ0v) is 8.79. The second kappa shape index (κ2) is 4.72. The van der Waals surface area contributed by atoms with Crippen LogP contribution in [0.1, 0.15) is 20.3 Å². The molecule has 0 aromatic heterocycles. The molecule has 5 heteroatoms. The highest BCUT2D eigenvalue weighted by Crippen LogP contribution is 2.28. The third-order valence-corrected chi connectivity index (χ3v) is 2.91. The average Bonchev–Trinajstić information content (AvgIpc) is 2.22. The molecule has 1 heterocycles. The molecule has 5 nitrogen and oxygen atoms in total. The van der Waals surface area contributed by atoms with Gasteiger partial charge in [-0.1, -0.05) is 6.92 Å². The van der Waals surface area contributed by atoms with Crippen molar-refractivity contribution in [1.82, 2.24) is 0 Å². The summed E-state index contributed by atoms with van der Waals surface area (Å²) in [5.74, 6) is -1.30. The van der Waals surface area contributed by atoms with Gasteiger partial charge in [0.25, 0.3) is 0 Å². The van der Waals surface area contributed by atoms with E-state index in [1.54, 1.807) is 13.8 Å². The molecule has 0 radical (unpaired) electrons. The summed E-state index contributed by atoms with van der Waals surface area (Å²) in [6.45, 7) is 3.33. The summed E-state index contributed by atoms with van der Waals surface area (Å²) in [5.41, 5.74) is 0. The number of ether oxygens (including phenoxy) is 1. The fourth-order valence-corrected chi connectivity index (χ4v) is 1.73. The predicted octanol–water partition coefficient (Wildman–Crippen LogP) is -0.505. The van der Waals surface area contributed by atoms with Crippen LogP contribution in [0.3, 0.4) is 0 Å². The van der Waals surface area contributed by atoms with Crippen molar-refractivity contribution in [3.8, 4) is 0 Å². The first-order valence-electron chi connectivity index (χ1n) is 4.99. The lowest BCUT2D eigenvalue weighted by atomic mass is 9.84. The lowest BCUT2D eigenvalue weighted by Gasteiger charge is -2.36. The molecular weight excluding hydrogens is 200 g/mol. The Morgan fingerprint density at radius 1 is 1.53 bits per heavy atom. The van der Waals surface area contributed by atoms with Crippen molar-refractivity contribution in [2.75, 3.05) is 0 Å². The number of carbonyl (C=O) groups excluding carboxylic acids is 2. The first kappa shape index (κ1) is 12.1. The number of cyclic esters (lactones) is 1. The van der Waals surface area contributed by atoms with E-state index in [-0.39, 0.29) is 12.3 Å². The van der Waals surface area contributed by atoms with E-state index in [1.807, 2.05) is 0 Å². The Hall–Kier alpha value is -0.940. The van der Waals surface area contributed by atoms with Gasteiger partial charge in [0.05, 0.1) is 12.0 Å². The van der Waals surface area contributed by atoms with Gasteiger partial charge < -0.3 is 19.7 Å². The molecule has 1 rings (SSSR count). The summed E-state index contributed by atoms with van der Waals surface area (Å²) in [5, 5.41) is 18.8. The first-order chi connectivity index (χ1) is 6.97. The molecule has 0 unspecified atom stereocenters. The van der Waals surface area contributed by atoms with Crippen molar-refractivity contribution in [2.24, 2.45) is 11.8 Å². The number of aldehydes is 1. The molecule has 0 spiro atoms. The number of esters is 1. The van der Waals surface area contributed by atoms with Crippen LogP contribution in [-0.4, -0.2) is 40.8 Å². The highest BCUT2D eigenvalue weighted by atomic mass is 16.5. The summed E-state index contributed by atoms with van der Waals surface area (Å²) in [7, 11) is 0. The summed E-state index contributed by atoms with van der Waals surface area (Å²) < 4.78 is 5.04. The maximum atomic E-state index is 11.3. The third kappa shape index (κ3) is 2.54. The molecule has 0 saturated carbocycles. The number of rotatable bonds is 3. The fraction of sp³-hybridized carbons (Fsp3) is 0.800. The predicted molar refractivity (Wildman–Crippen MR) is 50.9 cm³/mol. The molecule has 2 N–H and O–H groups in total. The Kier molecular flexibility index (Phi) is 3.82. The number of aliphatic hydroxyl groups is 2. The Morgan fingerprint density at radius 2 is 2.13 bits per heavy atom. The molecule has 1 aliphatic heterocycles. The number of hydrogen-bond donors (Lipinski definition) is 2. The normalized spacial score (nSPS) is 38.3. The quantitative estimate of drug-likeness (QED) is 0.490. The molecule has 5 atom stereocenters. The smallest absolute Gasteiger partial charge is 0.311 e. The maximum absolute atomic E-state index is 11.3. The molecule has 0 amide bonds. The van der Waals surface area contributed by atoms with E-state index < -0.39 is 30.2 Å². The van der Waals surface area contributed by atoms with E-state index in [0.29, 0.717) is 6.29 Å². The minimum atomic E-state index is -1.15. The van der Waals surface area contributed by atoms with Crippen molar-refractivity contribution < 1.29 is 24.5 Å². The second-order valence-corrected chi connectivity index (χ2v) is 4.05. The van der Waals surface area contributed by atoms with Gasteiger partial charge in [0, 0.05) is 12.3 Å². The number of hydrogen-bond acceptors (Lipinski definition) is 5. The maximum Gasteiger partial charge on any atom is 0.311 e. The molecule has 0 aromatic rings. The summed E-state index contributed by atoms with van der Waals surface area (Å²) in [6.07, 6.45) is -2.09. The van der Waals surface area contributed by atoms with E-state index in [4.69, 9.17) is 9.84 Å². The van der Waals surface area contributed by atoms with Crippen LogP contribution in [-0.2, 0) is 14.3 Å². The van der Waals surface area contributed by atoms with Crippen molar-refractivity contribution in [3.05, 3.63) is 0 Å². The van der Waals surface area contributed by atoms with E-state index >= 15 is 0 Å². The molecule has 1 aliphatic rings. The van der Waals surface area contributed by atoms with Gasteiger partial charge in [-0.2, -0.15) is 0 Å². The Bertz CT molecular complexity index is 252. The van der Waals surface area contributed by atoms with Gasteiger partial charge in [0.2, 0.25) is 0 Å². The first-order valence-corrected chi connectivity index (χ1v) is 4.99. The summed E-state index contributed by atoms with van der Waals surface area (Å²) in [6, 6.07) is 0. The zero-order valence-electron chi connectivity index (χ0n) is 8.79. The van der Waals surface area contributed by atoms with Gasteiger partial charge in [-0.05, 0) is 6.92 Å². The van der Waals surface area contributed by atoms with Crippen LogP contribution in [0.25, 0.3) is 0 Å². The summed E-state index contributed by atoms with van der Waals surface area (Å²) >= 11 is 0. The van der Waals surface area contributed by atoms with Crippen molar-refractivity contribution >= 4 is 12.3 Å². The van der Waals surface area contributed by atoms with Crippen molar-refractivity contribution in [2.45, 2.75) is 38.6 Å². The number of carbonyl (C=O) groups is 2. The van der Waals surface area contributed by atoms with Gasteiger partial charge in [0.1, 0.15) is 18.5 Å². The molecule has 0 aromatic carbocycles. The average molecular weight is 216 g/mol. The van der Waals surface area contributed by atoms with Gasteiger partial charge in [-0.3, -0.25) is 4.79 Å². The highest BCUT2D eigenvalue weighted by molar-refractivity contribution is 5.74. The minimum absolute atomic E-state index is 0.0419. The Balaban J connectivity index is 2.66. The van der Waals surface area contributed by atoms with Crippen molar-refractivity contribution in [3.63, 3.8) is 0 Å². The van der Waals surface area contributed by atoms with E-state index in [0.717, 1.165) is 0 Å². The molecule has 1 saturated heterocycles. The molecule has 1 fully saturated rings. The topological polar surface area (TPSA) is 83.8 Å². The van der Waals surface area contributed by atoms with Crippen LogP contribution in [0.2, 0.25) is 0 Å². The minimum Gasteiger partial charge on any atom is -0.462 e. The van der Waals surface area contributed by atoms with Crippen LogP contribution >= 0.6 is 0 Å². The van der Waals surface area contributed by atoms with Crippen molar-refractivity contribution in [1.29, 1.82) is 0 Å². The van der Waals surface area contributed by atoms with Gasteiger partial charge in [0.15, 0.2) is 0 Å². The second-order valence-electron chi connectivity index (χ2n) is 4.05. The monoisotopic (exact) mass is 216 g/mol. The van der Waals surface area contributed by atoms with E-state index in [2.05, 4.69) is 0 Å². The SMILES string of the molecule is C[C@@H]1[C@H](O)[C@@H](C)C(=O)O[C@H]1C[C@H](O)C=O. The Morgan fingerprint density at radius 3 is 2.67 bits per heavy atom. The lowest BCUT2D eigenvalue weighted by molar-refractivity contribution is -0.180. The molecule has 0 aliphatic carbocycles. The Labute approximate surface area is 88.0 Å². The van der Waals surface area contributed by atoms with Crippen LogP contribution in [0.5, 0.6) is 0 Å². The largest absolute Gasteiger partial charge is 0.462 e. The van der Waals surface area contributed by atoms with E-state index in [1.165, 1.54) is 0 Å². The standard InChI is InChI=1S/C10H16O5/c1-5-8(3-7(12)4-11)15-10(14)6(2)9(5)13/h4-9,12-13H,3H2,1-2H3/t5-,6+,7-,8-,9-/m0/s1. The van der Waals surface area contributed by atoms with Crippen LogP contribution in [0.15, 0.2) is 0 Å². The third-order valence-electron chi connectivity index (χ3n) is 2.91. The highest BCUT2D eigenvalue weighted by Gasteiger charge is 2.40. The summed E-state index contributed by atoms with van der Waals surface area (Å²) in [4.78, 5) is 21.5. The van der Waals surface area contributed by atoms with Crippen LogP contribution in [0.4, 0.5) is 0 Å². The van der Waals surface area contributed by atoms with Gasteiger partial charge in [-0.15, -0.1) is 0 Å².